The van der Waals surface area contributed by atoms with Crippen molar-refractivity contribution in [3.05, 3.63) is 66.6 Å². The van der Waals surface area contributed by atoms with Crippen LogP contribution in [0.5, 0.6) is 0 Å². The normalized spacial score (nSPS) is 10.4. The third-order valence-electron chi connectivity index (χ3n) is 3.12. The molecule has 98 valence electrons. The Balaban J connectivity index is 1.98. The second-order valence-electron chi connectivity index (χ2n) is 4.37. The lowest BCUT2D eigenvalue weighted by Crippen LogP contribution is -1.99. The summed E-state index contributed by atoms with van der Waals surface area (Å²) < 4.78 is 0. The molecule has 3 rings (SSSR count). The van der Waals surface area contributed by atoms with Gasteiger partial charge in [0.2, 0.25) is 0 Å². The van der Waals surface area contributed by atoms with Gasteiger partial charge in [-0.1, -0.05) is 54.6 Å². The maximum absolute atomic E-state index is 11.1. The molecule has 2 N–H and O–H groups in total. The van der Waals surface area contributed by atoms with Crippen LogP contribution < -0.4 is 0 Å². The van der Waals surface area contributed by atoms with Gasteiger partial charge in [-0.2, -0.15) is 0 Å². The second-order valence-corrected chi connectivity index (χ2v) is 4.37. The van der Waals surface area contributed by atoms with Crippen molar-refractivity contribution in [3.8, 4) is 22.4 Å². The van der Waals surface area contributed by atoms with E-state index < -0.39 is 5.97 Å². The molecule has 0 saturated carbocycles. The van der Waals surface area contributed by atoms with Gasteiger partial charge in [0.05, 0.1) is 6.33 Å². The fraction of sp³-hybridized carbons (Fsp3) is 0. The third kappa shape index (κ3) is 2.19. The van der Waals surface area contributed by atoms with E-state index in [-0.39, 0.29) is 5.69 Å². The van der Waals surface area contributed by atoms with E-state index in [2.05, 4.69) is 9.97 Å². The molecule has 0 amide bonds. The predicted molar refractivity (Wildman–Crippen MR) is 76.4 cm³/mol. The van der Waals surface area contributed by atoms with Crippen LogP contribution in [0.1, 0.15) is 10.5 Å². The lowest BCUT2D eigenvalue weighted by Gasteiger charge is -2.03. The minimum atomic E-state index is -1.01. The molecule has 0 radical (unpaired) electrons. The van der Waals surface area contributed by atoms with E-state index >= 15 is 0 Å². The maximum Gasteiger partial charge on any atom is 0.354 e. The number of nitrogens with zero attached hydrogens (tertiary/aromatic N) is 1. The van der Waals surface area contributed by atoms with Gasteiger partial charge >= 0.3 is 5.97 Å². The summed E-state index contributed by atoms with van der Waals surface area (Å²) in [6.45, 7) is 0. The second kappa shape index (κ2) is 5.01. The monoisotopic (exact) mass is 264 g/mol. The largest absolute Gasteiger partial charge is 0.477 e. The van der Waals surface area contributed by atoms with Gasteiger partial charge in [0, 0.05) is 5.56 Å². The summed E-state index contributed by atoms with van der Waals surface area (Å²) in [7, 11) is 0. The molecule has 2 aromatic carbocycles. The lowest BCUT2D eigenvalue weighted by molar-refractivity contribution is 0.0692. The molecule has 0 fully saturated rings. The van der Waals surface area contributed by atoms with Crippen molar-refractivity contribution in [2.75, 3.05) is 0 Å². The number of carbonyl (C=O) groups is 1. The standard InChI is InChI=1S/C16H12N2O2/c19-16(20)15-14(17-10-18-15)13-8-6-12(7-9-13)11-4-2-1-3-5-11/h1-10H,(H,17,18)(H,19,20). The molecule has 0 unspecified atom stereocenters. The van der Waals surface area contributed by atoms with E-state index in [0.717, 1.165) is 16.7 Å². The summed E-state index contributed by atoms with van der Waals surface area (Å²) >= 11 is 0. The van der Waals surface area contributed by atoms with Crippen molar-refractivity contribution in [1.82, 2.24) is 9.97 Å². The molecule has 3 aromatic rings. The highest BCUT2D eigenvalue weighted by atomic mass is 16.4. The molecule has 0 aliphatic carbocycles. The number of carboxylic acids is 1. The molecule has 0 spiro atoms. The van der Waals surface area contributed by atoms with Gasteiger partial charge in [0.25, 0.3) is 0 Å². The molecular formula is C16H12N2O2. The first-order chi connectivity index (χ1) is 9.75. The number of aromatic amines is 1. The Hall–Kier alpha value is -2.88. The predicted octanol–water partition coefficient (Wildman–Crippen LogP) is 3.44. The quantitative estimate of drug-likeness (QED) is 0.761. The summed E-state index contributed by atoms with van der Waals surface area (Å²) in [5.74, 6) is -1.01. The SMILES string of the molecule is O=C(O)c1[nH]cnc1-c1ccc(-c2ccccc2)cc1. The smallest absolute Gasteiger partial charge is 0.354 e. The van der Waals surface area contributed by atoms with Crippen LogP contribution in [0.3, 0.4) is 0 Å². The zero-order chi connectivity index (χ0) is 13.9. The number of nitrogens with one attached hydrogen (secondary N) is 1. The van der Waals surface area contributed by atoms with E-state index in [9.17, 15) is 4.79 Å². The summed E-state index contributed by atoms with van der Waals surface area (Å²) in [6.07, 6.45) is 1.39. The average Bonchev–Trinajstić information content (AvgIpc) is 2.98. The van der Waals surface area contributed by atoms with Crippen molar-refractivity contribution in [3.63, 3.8) is 0 Å². The number of aromatic nitrogens is 2. The molecule has 0 atom stereocenters. The van der Waals surface area contributed by atoms with Crippen LogP contribution in [0.15, 0.2) is 60.9 Å². The molecule has 0 aliphatic rings. The Labute approximate surface area is 115 Å². The van der Waals surface area contributed by atoms with Crippen LogP contribution in [0.4, 0.5) is 0 Å². The van der Waals surface area contributed by atoms with Crippen LogP contribution in [-0.2, 0) is 0 Å². The topological polar surface area (TPSA) is 66.0 Å². The first-order valence-electron chi connectivity index (χ1n) is 6.18. The molecule has 20 heavy (non-hydrogen) atoms. The molecule has 4 nitrogen and oxygen atoms in total. The number of hydrogen-bond acceptors (Lipinski definition) is 2. The van der Waals surface area contributed by atoms with Gasteiger partial charge in [0.1, 0.15) is 5.69 Å². The minimum Gasteiger partial charge on any atom is -0.477 e. The van der Waals surface area contributed by atoms with Crippen molar-refractivity contribution in [2.24, 2.45) is 0 Å². The Kier molecular flexibility index (Phi) is 3.05. The third-order valence-corrected chi connectivity index (χ3v) is 3.12. The lowest BCUT2D eigenvalue weighted by atomic mass is 10.0. The fourth-order valence-electron chi connectivity index (χ4n) is 2.13. The Morgan fingerprint density at radius 3 is 2.15 bits per heavy atom. The van der Waals surface area contributed by atoms with Crippen LogP contribution in [0, 0.1) is 0 Å². The number of carboxylic acid groups (broad SMARTS) is 1. The number of benzene rings is 2. The van der Waals surface area contributed by atoms with Crippen LogP contribution in [-0.4, -0.2) is 21.0 Å². The van der Waals surface area contributed by atoms with Crippen LogP contribution in [0.2, 0.25) is 0 Å². The van der Waals surface area contributed by atoms with E-state index in [4.69, 9.17) is 5.11 Å². The van der Waals surface area contributed by atoms with E-state index in [1.807, 2.05) is 54.6 Å². The van der Waals surface area contributed by atoms with Gasteiger partial charge in [-0.25, -0.2) is 9.78 Å². The molecule has 0 bridgehead atoms. The van der Waals surface area contributed by atoms with Crippen molar-refractivity contribution < 1.29 is 9.90 Å². The minimum absolute atomic E-state index is 0.109. The molecule has 4 heteroatoms. The Morgan fingerprint density at radius 1 is 0.900 bits per heavy atom. The highest BCUT2D eigenvalue weighted by molar-refractivity contribution is 5.92. The van der Waals surface area contributed by atoms with Gasteiger partial charge < -0.3 is 10.1 Å². The van der Waals surface area contributed by atoms with E-state index in [0.29, 0.717) is 5.69 Å². The Bertz CT molecular complexity index is 731. The molecule has 0 saturated heterocycles. The van der Waals surface area contributed by atoms with Gasteiger partial charge in [-0.15, -0.1) is 0 Å². The number of aromatic carboxylic acids is 1. The maximum atomic E-state index is 11.1. The first-order valence-corrected chi connectivity index (χ1v) is 6.18. The zero-order valence-electron chi connectivity index (χ0n) is 10.6. The highest BCUT2D eigenvalue weighted by Crippen LogP contribution is 2.25. The first kappa shape index (κ1) is 12.2. The molecule has 1 heterocycles. The van der Waals surface area contributed by atoms with E-state index in [1.54, 1.807) is 0 Å². The number of rotatable bonds is 3. The van der Waals surface area contributed by atoms with Crippen molar-refractivity contribution >= 4 is 5.97 Å². The van der Waals surface area contributed by atoms with Crippen molar-refractivity contribution in [1.29, 1.82) is 0 Å². The molecule has 0 aliphatic heterocycles. The van der Waals surface area contributed by atoms with Gasteiger partial charge in [0.15, 0.2) is 5.69 Å². The number of imidazole rings is 1. The van der Waals surface area contributed by atoms with Crippen molar-refractivity contribution in [2.45, 2.75) is 0 Å². The molecular weight excluding hydrogens is 252 g/mol. The number of H-pyrrole nitrogens is 1. The zero-order valence-corrected chi connectivity index (χ0v) is 10.6. The van der Waals surface area contributed by atoms with Crippen LogP contribution in [0.25, 0.3) is 22.4 Å². The van der Waals surface area contributed by atoms with Gasteiger partial charge in [-0.05, 0) is 11.1 Å². The Morgan fingerprint density at radius 2 is 1.50 bits per heavy atom. The number of hydrogen-bond donors (Lipinski definition) is 2. The summed E-state index contributed by atoms with van der Waals surface area (Å²) in [5.41, 5.74) is 3.55. The van der Waals surface area contributed by atoms with Gasteiger partial charge in [-0.3, -0.25) is 0 Å². The molecule has 1 aromatic heterocycles. The summed E-state index contributed by atoms with van der Waals surface area (Å²) in [6, 6.07) is 17.7. The van der Waals surface area contributed by atoms with Crippen LogP contribution >= 0.6 is 0 Å². The summed E-state index contributed by atoms with van der Waals surface area (Å²) in [5, 5.41) is 9.08. The average molecular weight is 264 g/mol. The highest BCUT2D eigenvalue weighted by Gasteiger charge is 2.14. The fourth-order valence-corrected chi connectivity index (χ4v) is 2.13. The van der Waals surface area contributed by atoms with E-state index in [1.165, 1.54) is 6.33 Å². The summed E-state index contributed by atoms with van der Waals surface area (Å²) in [4.78, 5) is 17.8.